The quantitative estimate of drug-likeness (QED) is 0.849. The maximum absolute atomic E-state index is 13.1. The molecule has 2 heterocycles. The summed E-state index contributed by atoms with van der Waals surface area (Å²) >= 11 is 1.39. The van der Waals surface area contributed by atoms with E-state index in [9.17, 15) is 9.18 Å². The average molecular weight is 290 g/mol. The predicted octanol–water partition coefficient (Wildman–Crippen LogP) is 3.38. The Morgan fingerprint density at radius 2 is 1.95 bits per heavy atom. The number of halogens is 1. The highest BCUT2D eigenvalue weighted by Crippen LogP contribution is 2.26. The third-order valence-electron chi connectivity index (χ3n) is 3.45. The molecule has 0 N–H and O–H groups in total. The highest BCUT2D eigenvalue weighted by molar-refractivity contribution is 7.16. The minimum atomic E-state index is -0.764. The van der Waals surface area contributed by atoms with E-state index in [1.54, 1.807) is 11.1 Å². The van der Waals surface area contributed by atoms with E-state index < -0.39 is 6.17 Å². The van der Waals surface area contributed by atoms with Crippen LogP contribution < -0.4 is 0 Å². The smallest absolute Gasteiger partial charge is 0.265 e. The SMILES string of the molecule is O=C(c1cnc(-c2ccccc2)s1)N1CCC(F)CC1. The molecule has 0 aliphatic carbocycles. The summed E-state index contributed by atoms with van der Waals surface area (Å²) in [6.07, 6.45) is 1.74. The molecule has 0 spiro atoms. The second-order valence-electron chi connectivity index (χ2n) is 4.86. The van der Waals surface area contributed by atoms with Crippen LogP contribution in [0.15, 0.2) is 36.5 Å². The number of benzene rings is 1. The topological polar surface area (TPSA) is 33.2 Å². The fourth-order valence-electron chi connectivity index (χ4n) is 2.29. The van der Waals surface area contributed by atoms with Gasteiger partial charge in [-0.05, 0) is 12.8 Å². The Kier molecular flexibility index (Phi) is 3.78. The molecule has 0 saturated carbocycles. The van der Waals surface area contributed by atoms with Gasteiger partial charge in [0.15, 0.2) is 0 Å². The summed E-state index contributed by atoms with van der Waals surface area (Å²) in [4.78, 5) is 19.0. The zero-order valence-electron chi connectivity index (χ0n) is 11.0. The molecule has 3 rings (SSSR count). The van der Waals surface area contributed by atoms with Crippen molar-refractivity contribution in [1.82, 2.24) is 9.88 Å². The molecule has 1 fully saturated rings. The first-order valence-corrected chi connectivity index (χ1v) is 7.50. The molecule has 0 bridgehead atoms. The van der Waals surface area contributed by atoms with Gasteiger partial charge in [-0.3, -0.25) is 4.79 Å². The molecular weight excluding hydrogens is 275 g/mol. The summed E-state index contributed by atoms with van der Waals surface area (Å²) in [6, 6.07) is 9.79. The molecule has 5 heteroatoms. The van der Waals surface area contributed by atoms with Crippen molar-refractivity contribution in [1.29, 1.82) is 0 Å². The van der Waals surface area contributed by atoms with Crippen LogP contribution in [0, 0.1) is 0 Å². The largest absolute Gasteiger partial charge is 0.338 e. The third-order valence-corrected chi connectivity index (χ3v) is 4.48. The summed E-state index contributed by atoms with van der Waals surface area (Å²) in [5.74, 6) is -0.0309. The van der Waals surface area contributed by atoms with Gasteiger partial charge in [-0.15, -0.1) is 11.3 Å². The number of carbonyl (C=O) groups is 1. The molecule has 0 unspecified atom stereocenters. The second-order valence-corrected chi connectivity index (χ2v) is 5.89. The molecule has 104 valence electrons. The number of hydrogen-bond donors (Lipinski definition) is 0. The first-order chi connectivity index (χ1) is 9.74. The van der Waals surface area contributed by atoms with Gasteiger partial charge >= 0.3 is 0 Å². The Bertz CT molecular complexity index is 591. The van der Waals surface area contributed by atoms with Crippen LogP contribution in [0.1, 0.15) is 22.5 Å². The number of likely N-dealkylation sites (tertiary alicyclic amines) is 1. The van der Waals surface area contributed by atoms with Crippen LogP contribution in [0.2, 0.25) is 0 Å². The normalized spacial score (nSPS) is 16.4. The molecule has 0 radical (unpaired) electrons. The number of alkyl halides is 1. The first kappa shape index (κ1) is 13.2. The molecule has 0 atom stereocenters. The van der Waals surface area contributed by atoms with Crippen molar-refractivity contribution >= 4 is 17.2 Å². The molecule has 1 aromatic heterocycles. The van der Waals surface area contributed by atoms with Crippen LogP contribution in [-0.4, -0.2) is 35.1 Å². The fourth-order valence-corrected chi connectivity index (χ4v) is 3.18. The van der Waals surface area contributed by atoms with E-state index in [0.29, 0.717) is 30.8 Å². The van der Waals surface area contributed by atoms with Crippen molar-refractivity contribution in [2.24, 2.45) is 0 Å². The third kappa shape index (κ3) is 2.72. The lowest BCUT2D eigenvalue weighted by Crippen LogP contribution is -2.38. The number of hydrogen-bond acceptors (Lipinski definition) is 3. The van der Waals surface area contributed by atoms with Crippen LogP contribution in [0.4, 0.5) is 4.39 Å². The molecule has 1 aromatic carbocycles. The van der Waals surface area contributed by atoms with Crippen molar-refractivity contribution in [2.45, 2.75) is 19.0 Å². The molecule has 1 aliphatic rings. The van der Waals surface area contributed by atoms with Gasteiger partial charge in [0.1, 0.15) is 16.1 Å². The molecule has 1 saturated heterocycles. The monoisotopic (exact) mass is 290 g/mol. The van der Waals surface area contributed by atoms with Gasteiger partial charge in [-0.25, -0.2) is 9.37 Å². The Hall–Kier alpha value is -1.75. The van der Waals surface area contributed by atoms with Crippen molar-refractivity contribution in [3.8, 4) is 10.6 Å². The standard InChI is InChI=1S/C15H15FN2OS/c16-12-6-8-18(9-7-12)15(19)13-10-17-14(20-13)11-4-2-1-3-5-11/h1-5,10,12H,6-9H2. The van der Waals surface area contributed by atoms with Gasteiger partial charge in [-0.2, -0.15) is 0 Å². The lowest BCUT2D eigenvalue weighted by molar-refractivity contribution is 0.0671. The molecule has 1 amide bonds. The number of aromatic nitrogens is 1. The van der Waals surface area contributed by atoms with Crippen LogP contribution in [0.3, 0.4) is 0 Å². The van der Waals surface area contributed by atoms with Crippen LogP contribution in [-0.2, 0) is 0 Å². The van der Waals surface area contributed by atoms with E-state index in [2.05, 4.69) is 4.98 Å². The van der Waals surface area contributed by atoms with Gasteiger partial charge in [0.2, 0.25) is 0 Å². The van der Waals surface area contributed by atoms with Gasteiger partial charge in [0.05, 0.1) is 6.20 Å². The first-order valence-electron chi connectivity index (χ1n) is 6.68. The Morgan fingerprint density at radius 1 is 1.25 bits per heavy atom. The molecule has 2 aromatic rings. The number of thiazole rings is 1. The van der Waals surface area contributed by atoms with Crippen LogP contribution in [0.25, 0.3) is 10.6 Å². The Balaban J connectivity index is 1.75. The van der Waals surface area contributed by atoms with Gasteiger partial charge in [0, 0.05) is 18.7 Å². The summed E-state index contributed by atoms with van der Waals surface area (Å²) in [6.45, 7) is 0.997. The maximum Gasteiger partial charge on any atom is 0.265 e. The van der Waals surface area contributed by atoms with E-state index in [1.807, 2.05) is 30.3 Å². The summed E-state index contributed by atoms with van der Waals surface area (Å²) in [5, 5.41) is 0.842. The van der Waals surface area contributed by atoms with Gasteiger partial charge in [0.25, 0.3) is 5.91 Å². The number of nitrogens with zero attached hydrogens (tertiary/aromatic N) is 2. The molecule has 1 aliphatic heterocycles. The maximum atomic E-state index is 13.1. The van der Waals surface area contributed by atoms with Crippen molar-refractivity contribution in [3.63, 3.8) is 0 Å². The lowest BCUT2D eigenvalue weighted by atomic mass is 10.1. The molecular formula is C15H15FN2OS. The van der Waals surface area contributed by atoms with E-state index in [1.165, 1.54) is 11.3 Å². The number of carbonyl (C=O) groups excluding carboxylic acids is 1. The van der Waals surface area contributed by atoms with Crippen molar-refractivity contribution in [3.05, 3.63) is 41.4 Å². The van der Waals surface area contributed by atoms with Crippen LogP contribution in [0.5, 0.6) is 0 Å². The summed E-state index contributed by atoms with van der Waals surface area (Å²) < 4.78 is 13.1. The number of piperidine rings is 1. The predicted molar refractivity (Wildman–Crippen MR) is 77.6 cm³/mol. The van der Waals surface area contributed by atoms with E-state index in [-0.39, 0.29) is 5.91 Å². The minimum Gasteiger partial charge on any atom is -0.338 e. The Morgan fingerprint density at radius 3 is 2.65 bits per heavy atom. The highest BCUT2D eigenvalue weighted by atomic mass is 32.1. The highest BCUT2D eigenvalue weighted by Gasteiger charge is 2.24. The average Bonchev–Trinajstić information content (AvgIpc) is 2.98. The minimum absolute atomic E-state index is 0.0309. The molecule has 20 heavy (non-hydrogen) atoms. The van der Waals surface area contributed by atoms with Gasteiger partial charge < -0.3 is 4.90 Å². The van der Waals surface area contributed by atoms with Gasteiger partial charge in [-0.1, -0.05) is 30.3 Å². The van der Waals surface area contributed by atoms with E-state index >= 15 is 0 Å². The molecule has 3 nitrogen and oxygen atoms in total. The zero-order chi connectivity index (χ0) is 13.9. The van der Waals surface area contributed by atoms with Crippen molar-refractivity contribution in [2.75, 3.05) is 13.1 Å². The van der Waals surface area contributed by atoms with E-state index in [4.69, 9.17) is 0 Å². The number of amides is 1. The summed E-state index contributed by atoms with van der Waals surface area (Å²) in [7, 11) is 0. The second kappa shape index (κ2) is 5.71. The van der Waals surface area contributed by atoms with Crippen LogP contribution >= 0.6 is 11.3 Å². The fraction of sp³-hybridized carbons (Fsp3) is 0.333. The van der Waals surface area contributed by atoms with Crippen molar-refractivity contribution < 1.29 is 9.18 Å². The Labute approximate surface area is 121 Å². The lowest BCUT2D eigenvalue weighted by Gasteiger charge is -2.28. The van der Waals surface area contributed by atoms with E-state index in [0.717, 1.165) is 10.6 Å². The zero-order valence-corrected chi connectivity index (χ0v) is 11.8. The summed E-state index contributed by atoms with van der Waals surface area (Å²) in [5.41, 5.74) is 1.01. The number of rotatable bonds is 2.